The summed E-state index contributed by atoms with van der Waals surface area (Å²) in [6.45, 7) is 6.07. The van der Waals surface area contributed by atoms with E-state index in [0.29, 0.717) is 16.8 Å². The standard InChI is InChI=1S/C19H16N2O2.C3H8O/c1-12-17(11-22)8-18-7-16(10-21(18)19(12)13(2)23)15-5-3-4-14(6-15)9-20;1-3-4-2/h5-8,10-11H,3-4H2,1-2H3;3H2,1-2H3. The van der Waals surface area contributed by atoms with E-state index in [-0.39, 0.29) is 5.78 Å². The van der Waals surface area contributed by atoms with E-state index in [1.54, 1.807) is 20.1 Å². The summed E-state index contributed by atoms with van der Waals surface area (Å²) < 4.78 is 6.37. The Labute approximate surface area is 159 Å². The molecule has 2 heterocycles. The molecule has 5 heteroatoms. The van der Waals surface area contributed by atoms with Crippen LogP contribution in [0.1, 0.15) is 58.7 Å². The molecule has 0 N–H and O–H groups in total. The summed E-state index contributed by atoms with van der Waals surface area (Å²) in [5.41, 5.74) is 5.23. The number of rotatable bonds is 4. The number of fused-ring (bicyclic) bond motifs is 1. The molecule has 5 nitrogen and oxygen atoms in total. The molecule has 0 fully saturated rings. The van der Waals surface area contributed by atoms with E-state index >= 15 is 0 Å². The summed E-state index contributed by atoms with van der Waals surface area (Å²) in [6, 6.07) is 5.94. The third kappa shape index (κ3) is 4.42. The molecule has 0 aliphatic heterocycles. The van der Waals surface area contributed by atoms with Crippen LogP contribution < -0.4 is 0 Å². The molecule has 0 aromatic carbocycles. The van der Waals surface area contributed by atoms with Gasteiger partial charge in [-0.15, -0.1) is 0 Å². The van der Waals surface area contributed by atoms with Crippen molar-refractivity contribution in [1.82, 2.24) is 4.40 Å². The van der Waals surface area contributed by atoms with Crippen LogP contribution in [0.3, 0.4) is 0 Å². The number of ether oxygens (including phenoxy) is 1. The number of pyridine rings is 1. The van der Waals surface area contributed by atoms with E-state index in [1.165, 1.54) is 6.92 Å². The Morgan fingerprint density at radius 1 is 1.41 bits per heavy atom. The molecular formula is C22H24N2O3. The van der Waals surface area contributed by atoms with Gasteiger partial charge >= 0.3 is 0 Å². The molecule has 0 spiro atoms. The van der Waals surface area contributed by atoms with Crippen molar-refractivity contribution < 1.29 is 14.3 Å². The summed E-state index contributed by atoms with van der Waals surface area (Å²) >= 11 is 0. The zero-order valence-electron chi connectivity index (χ0n) is 16.2. The first kappa shape index (κ1) is 20.3. The van der Waals surface area contributed by atoms with Gasteiger partial charge in [-0.25, -0.2) is 0 Å². The highest BCUT2D eigenvalue weighted by Gasteiger charge is 2.16. The molecule has 2 aromatic heterocycles. The van der Waals surface area contributed by atoms with E-state index in [4.69, 9.17) is 5.26 Å². The number of allylic oxidation sites excluding steroid dienone is 4. The van der Waals surface area contributed by atoms with Gasteiger partial charge in [-0.05, 0) is 56.0 Å². The van der Waals surface area contributed by atoms with Crippen LogP contribution in [0.4, 0.5) is 0 Å². The van der Waals surface area contributed by atoms with E-state index in [9.17, 15) is 9.59 Å². The van der Waals surface area contributed by atoms with Crippen LogP contribution in [0.25, 0.3) is 11.1 Å². The van der Waals surface area contributed by atoms with Gasteiger partial charge < -0.3 is 9.14 Å². The number of nitriles is 1. The van der Waals surface area contributed by atoms with Crippen molar-refractivity contribution in [3.8, 4) is 6.07 Å². The van der Waals surface area contributed by atoms with Gasteiger partial charge in [0.05, 0.1) is 11.8 Å². The fraction of sp³-hybridized carbons (Fsp3) is 0.318. The van der Waals surface area contributed by atoms with E-state index in [1.807, 2.05) is 29.7 Å². The molecule has 0 saturated carbocycles. The Morgan fingerprint density at radius 2 is 2.11 bits per heavy atom. The number of Topliss-reactive ketones (excluding diaryl/α,β-unsaturated/α-hetero) is 1. The van der Waals surface area contributed by atoms with Crippen LogP contribution in [0.15, 0.2) is 36.1 Å². The second kappa shape index (κ2) is 9.11. The van der Waals surface area contributed by atoms with Gasteiger partial charge in [0.15, 0.2) is 5.78 Å². The van der Waals surface area contributed by atoms with Crippen LogP contribution in [-0.4, -0.2) is 30.2 Å². The average molecular weight is 364 g/mol. The highest BCUT2D eigenvalue weighted by atomic mass is 16.5. The van der Waals surface area contributed by atoms with Gasteiger partial charge in [0.25, 0.3) is 0 Å². The van der Waals surface area contributed by atoms with Crippen LogP contribution in [0.5, 0.6) is 0 Å². The van der Waals surface area contributed by atoms with E-state index < -0.39 is 0 Å². The number of ketones is 1. The second-order valence-electron chi connectivity index (χ2n) is 6.33. The lowest BCUT2D eigenvalue weighted by atomic mass is 9.97. The molecule has 0 bridgehead atoms. The first-order valence-electron chi connectivity index (χ1n) is 8.88. The molecule has 1 aliphatic rings. The minimum Gasteiger partial charge on any atom is -0.385 e. The number of hydrogen-bond donors (Lipinski definition) is 0. The first-order chi connectivity index (χ1) is 13.0. The summed E-state index contributed by atoms with van der Waals surface area (Å²) in [7, 11) is 1.68. The monoisotopic (exact) mass is 364 g/mol. The predicted molar refractivity (Wildman–Crippen MR) is 106 cm³/mol. The van der Waals surface area contributed by atoms with Crippen molar-refractivity contribution in [3.05, 3.63) is 58.4 Å². The highest BCUT2D eigenvalue weighted by Crippen LogP contribution is 2.28. The number of aromatic nitrogens is 1. The third-order valence-electron chi connectivity index (χ3n) is 4.52. The number of carbonyl (C=O) groups is 2. The molecular weight excluding hydrogens is 340 g/mol. The van der Waals surface area contributed by atoms with Gasteiger partial charge in [0, 0.05) is 49.1 Å². The Morgan fingerprint density at radius 3 is 2.67 bits per heavy atom. The lowest BCUT2D eigenvalue weighted by Gasteiger charge is -2.09. The molecule has 3 rings (SSSR count). The molecule has 1 aliphatic carbocycles. The number of methoxy groups -OCH3 is 1. The Balaban J connectivity index is 0.000000596. The van der Waals surface area contributed by atoms with Gasteiger partial charge in [-0.2, -0.15) is 5.26 Å². The fourth-order valence-electron chi connectivity index (χ4n) is 3.07. The zero-order valence-corrected chi connectivity index (χ0v) is 16.2. The maximum Gasteiger partial charge on any atom is 0.176 e. The summed E-state index contributed by atoms with van der Waals surface area (Å²) in [6.07, 6.45) is 8.26. The van der Waals surface area contributed by atoms with E-state index in [2.05, 4.69) is 16.9 Å². The van der Waals surface area contributed by atoms with Crippen molar-refractivity contribution in [2.75, 3.05) is 13.7 Å². The summed E-state index contributed by atoms with van der Waals surface area (Å²) in [4.78, 5) is 23.3. The first-order valence-corrected chi connectivity index (χ1v) is 8.88. The lowest BCUT2D eigenvalue weighted by molar-refractivity contribution is 0.101. The molecule has 0 atom stereocenters. The maximum atomic E-state index is 12.0. The molecule has 0 unspecified atom stereocenters. The van der Waals surface area contributed by atoms with Crippen LogP contribution in [0, 0.1) is 18.3 Å². The van der Waals surface area contributed by atoms with Crippen molar-refractivity contribution in [1.29, 1.82) is 5.26 Å². The highest BCUT2D eigenvalue weighted by molar-refractivity contribution is 5.98. The topological polar surface area (TPSA) is 71.6 Å². The normalized spacial score (nSPS) is 13.1. The smallest absolute Gasteiger partial charge is 0.176 e. The Kier molecular flexibility index (Phi) is 6.86. The lowest BCUT2D eigenvalue weighted by Crippen LogP contribution is -2.07. The van der Waals surface area contributed by atoms with Crippen molar-refractivity contribution >= 4 is 23.2 Å². The molecule has 27 heavy (non-hydrogen) atoms. The van der Waals surface area contributed by atoms with Gasteiger partial charge in [0.1, 0.15) is 6.29 Å². The molecule has 0 amide bonds. The largest absolute Gasteiger partial charge is 0.385 e. The van der Waals surface area contributed by atoms with Crippen LogP contribution in [-0.2, 0) is 4.74 Å². The van der Waals surface area contributed by atoms with Crippen LogP contribution in [0.2, 0.25) is 0 Å². The summed E-state index contributed by atoms with van der Waals surface area (Å²) in [5, 5.41) is 9.08. The Bertz CT molecular complexity index is 970. The van der Waals surface area contributed by atoms with E-state index in [0.717, 1.165) is 48.0 Å². The quantitative estimate of drug-likeness (QED) is 0.590. The third-order valence-corrected chi connectivity index (χ3v) is 4.52. The second-order valence-corrected chi connectivity index (χ2v) is 6.33. The minimum atomic E-state index is -0.0794. The SMILES string of the molecule is CC(=O)c1c(C)c(C=O)cc2cc(C3=CCCC(C#N)=C3)cn12.CCOC. The minimum absolute atomic E-state index is 0.0794. The van der Waals surface area contributed by atoms with Crippen molar-refractivity contribution in [2.45, 2.75) is 33.6 Å². The maximum absolute atomic E-state index is 12.0. The predicted octanol–water partition coefficient (Wildman–Crippen LogP) is 4.54. The average Bonchev–Trinajstić information content (AvgIpc) is 3.10. The number of nitrogens with zero attached hydrogens (tertiary/aromatic N) is 2. The van der Waals surface area contributed by atoms with Gasteiger partial charge in [-0.3, -0.25) is 9.59 Å². The zero-order chi connectivity index (χ0) is 20.0. The van der Waals surface area contributed by atoms with Crippen molar-refractivity contribution in [3.63, 3.8) is 0 Å². The number of hydrogen-bond acceptors (Lipinski definition) is 4. The van der Waals surface area contributed by atoms with Crippen LogP contribution >= 0.6 is 0 Å². The molecule has 0 radical (unpaired) electrons. The summed E-state index contributed by atoms with van der Waals surface area (Å²) in [5.74, 6) is -0.0794. The number of carbonyl (C=O) groups excluding carboxylic acids is 2. The Hall–Kier alpha value is -2.97. The molecule has 2 aromatic rings. The number of aldehydes is 1. The van der Waals surface area contributed by atoms with Crippen molar-refractivity contribution in [2.24, 2.45) is 0 Å². The molecule has 140 valence electrons. The van der Waals surface area contributed by atoms with Gasteiger partial charge in [0.2, 0.25) is 0 Å². The van der Waals surface area contributed by atoms with Gasteiger partial charge in [-0.1, -0.05) is 6.08 Å². The molecule has 0 saturated heterocycles. The fourth-order valence-corrected chi connectivity index (χ4v) is 3.07.